The quantitative estimate of drug-likeness (QED) is 0.330. The normalized spacial score (nSPS) is 14.1. The summed E-state index contributed by atoms with van der Waals surface area (Å²) in [5.41, 5.74) is 7.72. The zero-order chi connectivity index (χ0) is 24.7. The Morgan fingerprint density at radius 2 is 1.80 bits per heavy atom. The molecule has 2 aromatic carbocycles. The van der Waals surface area contributed by atoms with Crippen molar-refractivity contribution in [2.24, 2.45) is 0 Å². The average molecular weight is 553 g/mol. The SMILES string of the molecule is Cc1ccc(Cl)cc1N1CCN(C(=O)c2cnn3c(C)c(Cc4ccccc4Br)c(C)nc23)CC1. The lowest BCUT2D eigenvalue weighted by molar-refractivity contribution is 0.0748. The molecule has 1 fully saturated rings. The Labute approximate surface area is 218 Å². The van der Waals surface area contributed by atoms with Gasteiger partial charge in [0, 0.05) is 59.2 Å². The van der Waals surface area contributed by atoms with Crippen LogP contribution in [0.15, 0.2) is 53.1 Å². The van der Waals surface area contributed by atoms with Gasteiger partial charge in [-0.25, -0.2) is 9.50 Å². The van der Waals surface area contributed by atoms with Gasteiger partial charge in [0.15, 0.2) is 5.65 Å². The Balaban J connectivity index is 1.37. The fourth-order valence-electron chi connectivity index (χ4n) is 4.79. The number of amides is 1. The lowest BCUT2D eigenvalue weighted by atomic mass is 10.0. The van der Waals surface area contributed by atoms with Gasteiger partial charge in [-0.2, -0.15) is 5.10 Å². The number of halogens is 2. The van der Waals surface area contributed by atoms with Crippen molar-refractivity contribution in [1.82, 2.24) is 19.5 Å². The van der Waals surface area contributed by atoms with Gasteiger partial charge in [-0.3, -0.25) is 4.79 Å². The number of fused-ring (bicyclic) bond motifs is 1. The molecule has 0 N–H and O–H groups in total. The van der Waals surface area contributed by atoms with Crippen molar-refractivity contribution < 1.29 is 4.79 Å². The lowest BCUT2D eigenvalue weighted by Crippen LogP contribution is -2.49. The molecule has 6 nitrogen and oxygen atoms in total. The van der Waals surface area contributed by atoms with Gasteiger partial charge in [-0.15, -0.1) is 0 Å². The number of hydrogen-bond acceptors (Lipinski definition) is 4. The van der Waals surface area contributed by atoms with E-state index in [-0.39, 0.29) is 5.91 Å². The minimum Gasteiger partial charge on any atom is -0.368 e. The predicted molar refractivity (Wildman–Crippen MR) is 144 cm³/mol. The Hall–Kier alpha value is -2.90. The Kier molecular flexibility index (Phi) is 6.55. The van der Waals surface area contributed by atoms with E-state index >= 15 is 0 Å². The van der Waals surface area contributed by atoms with Gasteiger partial charge in [-0.1, -0.05) is 51.8 Å². The summed E-state index contributed by atoms with van der Waals surface area (Å²) >= 11 is 9.86. The molecule has 0 unspecified atom stereocenters. The second kappa shape index (κ2) is 9.63. The van der Waals surface area contributed by atoms with Crippen molar-refractivity contribution >= 4 is 44.8 Å². The summed E-state index contributed by atoms with van der Waals surface area (Å²) in [5.74, 6) is -0.0210. The third-order valence-electron chi connectivity index (χ3n) is 6.84. The highest BCUT2D eigenvalue weighted by molar-refractivity contribution is 9.10. The molecule has 1 saturated heterocycles. The molecule has 0 spiro atoms. The van der Waals surface area contributed by atoms with Crippen LogP contribution in [0.5, 0.6) is 0 Å². The standard InChI is InChI=1S/C27H27BrClN5O/c1-17-8-9-21(29)15-25(17)32-10-12-33(13-11-32)27(35)23-16-30-34-19(3)22(18(2)31-26(23)34)14-20-6-4-5-7-24(20)28/h4-9,15-16H,10-14H2,1-3H3. The Morgan fingerprint density at radius 1 is 1.06 bits per heavy atom. The Morgan fingerprint density at radius 3 is 2.54 bits per heavy atom. The van der Waals surface area contributed by atoms with Gasteiger partial charge >= 0.3 is 0 Å². The van der Waals surface area contributed by atoms with Crippen LogP contribution in [-0.2, 0) is 6.42 Å². The van der Waals surface area contributed by atoms with Crippen molar-refractivity contribution in [2.75, 3.05) is 31.1 Å². The highest BCUT2D eigenvalue weighted by Crippen LogP contribution is 2.27. The molecule has 3 heterocycles. The molecule has 0 atom stereocenters. The van der Waals surface area contributed by atoms with Crippen molar-refractivity contribution in [3.8, 4) is 0 Å². The molecule has 180 valence electrons. The largest absolute Gasteiger partial charge is 0.368 e. The third-order valence-corrected chi connectivity index (χ3v) is 7.85. The second-order valence-electron chi connectivity index (χ2n) is 9.03. The number of rotatable bonds is 4. The van der Waals surface area contributed by atoms with Crippen molar-refractivity contribution in [3.63, 3.8) is 0 Å². The molecular weight excluding hydrogens is 526 g/mol. The number of carbonyl (C=O) groups is 1. The number of carbonyl (C=O) groups excluding carboxylic acids is 1. The van der Waals surface area contributed by atoms with Crippen LogP contribution in [0, 0.1) is 20.8 Å². The summed E-state index contributed by atoms with van der Waals surface area (Å²) in [4.78, 5) is 22.5. The first-order valence-electron chi connectivity index (χ1n) is 11.7. The van der Waals surface area contributed by atoms with Crippen LogP contribution in [0.1, 0.15) is 38.4 Å². The number of benzene rings is 2. The van der Waals surface area contributed by atoms with E-state index in [9.17, 15) is 4.79 Å². The zero-order valence-electron chi connectivity index (χ0n) is 20.1. The van der Waals surface area contributed by atoms with Crippen LogP contribution >= 0.6 is 27.5 Å². The van der Waals surface area contributed by atoms with E-state index in [1.807, 2.05) is 55.1 Å². The number of aryl methyl sites for hydroxylation is 3. The molecule has 1 aliphatic heterocycles. The van der Waals surface area contributed by atoms with E-state index in [1.165, 1.54) is 11.1 Å². The minimum absolute atomic E-state index is 0.0210. The summed E-state index contributed by atoms with van der Waals surface area (Å²) in [6.45, 7) is 8.93. The number of piperazine rings is 1. The highest BCUT2D eigenvalue weighted by atomic mass is 79.9. The van der Waals surface area contributed by atoms with E-state index < -0.39 is 0 Å². The molecule has 35 heavy (non-hydrogen) atoms. The van der Waals surface area contributed by atoms with Gasteiger partial charge in [0.2, 0.25) is 0 Å². The summed E-state index contributed by atoms with van der Waals surface area (Å²) in [6, 6.07) is 14.1. The van der Waals surface area contributed by atoms with Crippen molar-refractivity contribution in [2.45, 2.75) is 27.2 Å². The fraction of sp³-hybridized carbons (Fsp3) is 0.296. The maximum atomic E-state index is 13.5. The van der Waals surface area contributed by atoms with Crippen LogP contribution in [0.2, 0.25) is 5.02 Å². The van der Waals surface area contributed by atoms with Crippen LogP contribution in [0.25, 0.3) is 5.65 Å². The van der Waals surface area contributed by atoms with E-state index in [1.54, 1.807) is 10.7 Å². The van der Waals surface area contributed by atoms with E-state index in [4.69, 9.17) is 16.6 Å². The van der Waals surface area contributed by atoms with Gasteiger partial charge in [-0.05, 0) is 55.7 Å². The minimum atomic E-state index is -0.0210. The molecule has 1 aliphatic rings. The molecular formula is C27H27BrClN5O. The number of hydrogen-bond donors (Lipinski definition) is 0. The molecule has 1 amide bonds. The highest BCUT2D eigenvalue weighted by Gasteiger charge is 2.27. The first kappa shape index (κ1) is 23.8. The average Bonchev–Trinajstić information content (AvgIpc) is 3.28. The summed E-state index contributed by atoms with van der Waals surface area (Å²) in [5, 5.41) is 5.28. The van der Waals surface area contributed by atoms with Crippen LogP contribution in [-0.4, -0.2) is 51.6 Å². The summed E-state index contributed by atoms with van der Waals surface area (Å²) in [6.07, 6.45) is 2.41. The Bertz CT molecular complexity index is 1420. The molecule has 0 saturated carbocycles. The molecule has 2 aromatic heterocycles. The lowest BCUT2D eigenvalue weighted by Gasteiger charge is -2.36. The van der Waals surface area contributed by atoms with Gasteiger partial charge in [0.1, 0.15) is 5.56 Å². The molecule has 8 heteroatoms. The maximum absolute atomic E-state index is 13.5. The van der Waals surface area contributed by atoms with Crippen molar-refractivity contribution in [3.05, 3.63) is 91.8 Å². The molecule has 4 aromatic rings. The van der Waals surface area contributed by atoms with Gasteiger partial charge in [0.25, 0.3) is 5.91 Å². The second-order valence-corrected chi connectivity index (χ2v) is 10.3. The molecule has 0 radical (unpaired) electrons. The van der Waals surface area contributed by atoms with E-state index in [2.05, 4.69) is 38.9 Å². The number of anilines is 1. The monoisotopic (exact) mass is 551 g/mol. The molecule has 0 aliphatic carbocycles. The summed E-state index contributed by atoms with van der Waals surface area (Å²) in [7, 11) is 0. The molecule has 0 bridgehead atoms. The molecule has 5 rings (SSSR count). The third kappa shape index (κ3) is 4.55. The van der Waals surface area contributed by atoms with Crippen LogP contribution in [0.3, 0.4) is 0 Å². The maximum Gasteiger partial charge on any atom is 0.259 e. The first-order chi connectivity index (χ1) is 16.8. The van der Waals surface area contributed by atoms with E-state index in [0.717, 1.165) is 51.6 Å². The van der Waals surface area contributed by atoms with Crippen LogP contribution < -0.4 is 4.90 Å². The predicted octanol–water partition coefficient (Wildman–Crippen LogP) is 5.62. The topological polar surface area (TPSA) is 53.7 Å². The summed E-state index contributed by atoms with van der Waals surface area (Å²) < 4.78 is 2.88. The van der Waals surface area contributed by atoms with E-state index in [0.29, 0.717) is 24.3 Å². The van der Waals surface area contributed by atoms with Gasteiger partial charge in [0.05, 0.1) is 6.20 Å². The number of nitrogens with zero attached hydrogens (tertiary/aromatic N) is 5. The zero-order valence-corrected chi connectivity index (χ0v) is 22.4. The fourth-order valence-corrected chi connectivity index (χ4v) is 5.39. The van der Waals surface area contributed by atoms with Crippen LogP contribution in [0.4, 0.5) is 5.69 Å². The first-order valence-corrected chi connectivity index (χ1v) is 12.9. The smallest absolute Gasteiger partial charge is 0.259 e. The van der Waals surface area contributed by atoms with Crippen molar-refractivity contribution in [1.29, 1.82) is 0 Å². The van der Waals surface area contributed by atoms with Gasteiger partial charge < -0.3 is 9.80 Å². The number of aromatic nitrogens is 3.